The highest BCUT2D eigenvalue weighted by Crippen LogP contribution is 2.35. The molecule has 0 heterocycles. The summed E-state index contributed by atoms with van der Waals surface area (Å²) in [4.78, 5) is 33.3. The van der Waals surface area contributed by atoms with Crippen LogP contribution in [0.1, 0.15) is 20.3 Å². The molecule has 0 bridgehead atoms. The Morgan fingerprint density at radius 2 is 2.20 bits per heavy atom. The molecule has 1 rings (SSSR count). The first kappa shape index (κ1) is 11.6. The van der Waals surface area contributed by atoms with Gasteiger partial charge < -0.3 is 4.74 Å². The molecular weight excluding hydrogens is 196 g/mol. The van der Waals surface area contributed by atoms with E-state index >= 15 is 0 Å². The Labute approximate surface area is 88.3 Å². The molecule has 0 aromatic rings. The van der Waals surface area contributed by atoms with Gasteiger partial charge in [0.05, 0.1) is 13.0 Å². The summed E-state index contributed by atoms with van der Waals surface area (Å²) in [5.74, 6) is -1.77. The molecule has 1 unspecified atom stereocenters. The molecule has 0 saturated heterocycles. The van der Waals surface area contributed by atoms with Gasteiger partial charge in [0.2, 0.25) is 11.6 Å². The largest absolute Gasteiger partial charge is 0.493 e. The van der Waals surface area contributed by atoms with Crippen molar-refractivity contribution in [3.63, 3.8) is 0 Å². The second-order valence-corrected chi connectivity index (χ2v) is 4.34. The summed E-state index contributed by atoms with van der Waals surface area (Å²) in [5.41, 5.74) is -0.303. The fourth-order valence-corrected chi connectivity index (χ4v) is 1.75. The molecule has 4 nitrogen and oxygen atoms in total. The van der Waals surface area contributed by atoms with Crippen molar-refractivity contribution < 1.29 is 19.1 Å². The van der Waals surface area contributed by atoms with E-state index in [9.17, 15) is 14.4 Å². The van der Waals surface area contributed by atoms with Crippen LogP contribution in [0, 0.1) is 11.3 Å². The van der Waals surface area contributed by atoms with Crippen molar-refractivity contribution in [2.45, 2.75) is 20.3 Å². The van der Waals surface area contributed by atoms with Crippen molar-refractivity contribution in [3.8, 4) is 0 Å². The zero-order valence-corrected chi connectivity index (χ0v) is 9.07. The van der Waals surface area contributed by atoms with Gasteiger partial charge in [-0.1, -0.05) is 13.8 Å². The molecule has 0 aromatic carbocycles. The number of ether oxygens (including phenoxy) is 1. The van der Waals surface area contributed by atoms with Crippen LogP contribution in [0.5, 0.6) is 0 Å². The molecule has 15 heavy (non-hydrogen) atoms. The number of hydrogen-bond donors (Lipinski definition) is 0. The molecule has 0 aliphatic heterocycles. The molecule has 0 amide bonds. The van der Waals surface area contributed by atoms with Crippen LogP contribution in [0.2, 0.25) is 0 Å². The number of aldehydes is 1. The molecule has 1 aliphatic carbocycles. The summed E-state index contributed by atoms with van der Waals surface area (Å²) in [5, 5.41) is 0. The summed E-state index contributed by atoms with van der Waals surface area (Å²) in [6.07, 6.45) is 2.26. The quantitative estimate of drug-likeness (QED) is 0.394. The topological polar surface area (TPSA) is 60.4 Å². The number of ketones is 2. The monoisotopic (exact) mass is 210 g/mol. The highest BCUT2D eigenvalue weighted by molar-refractivity contribution is 6.32. The third kappa shape index (κ3) is 2.32. The highest BCUT2D eigenvalue weighted by atomic mass is 16.5. The van der Waals surface area contributed by atoms with Crippen LogP contribution in [-0.2, 0) is 19.1 Å². The molecular formula is C11H14O4. The lowest BCUT2D eigenvalue weighted by Gasteiger charge is -2.30. The van der Waals surface area contributed by atoms with Crippen molar-refractivity contribution >= 4 is 17.9 Å². The first-order valence-corrected chi connectivity index (χ1v) is 4.71. The Morgan fingerprint density at radius 3 is 2.67 bits per heavy atom. The Hall–Kier alpha value is -1.45. The minimum atomic E-state index is -0.877. The minimum Gasteiger partial charge on any atom is -0.493 e. The van der Waals surface area contributed by atoms with E-state index in [4.69, 9.17) is 4.74 Å². The molecule has 0 N–H and O–H groups in total. The number of allylic oxidation sites excluding steroid dienone is 2. The maximum atomic E-state index is 11.7. The van der Waals surface area contributed by atoms with Crippen LogP contribution in [-0.4, -0.2) is 25.0 Å². The van der Waals surface area contributed by atoms with Crippen molar-refractivity contribution in [1.29, 1.82) is 0 Å². The van der Waals surface area contributed by atoms with E-state index in [2.05, 4.69) is 0 Å². The molecule has 0 saturated carbocycles. The lowest BCUT2D eigenvalue weighted by molar-refractivity contribution is -0.139. The maximum absolute atomic E-state index is 11.7. The second kappa shape index (κ2) is 3.96. The molecule has 0 fully saturated rings. The van der Waals surface area contributed by atoms with Gasteiger partial charge in [0.15, 0.2) is 12.0 Å². The number of methoxy groups -OCH3 is 1. The normalized spacial score (nSPS) is 24.3. The maximum Gasteiger partial charge on any atom is 0.207 e. The van der Waals surface area contributed by atoms with Gasteiger partial charge in [-0.3, -0.25) is 14.4 Å². The van der Waals surface area contributed by atoms with E-state index in [-0.39, 0.29) is 17.5 Å². The summed E-state index contributed by atoms with van der Waals surface area (Å²) in [6.45, 7) is 3.78. The zero-order chi connectivity index (χ0) is 11.6. The summed E-state index contributed by atoms with van der Waals surface area (Å²) < 4.78 is 4.91. The lowest BCUT2D eigenvalue weighted by Crippen LogP contribution is -2.35. The van der Waals surface area contributed by atoms with Gasteiger partial charge in [-0.15, -0.1) is 0 Å². The van der Waals surface area contributed by atoms with Gasteiger partial charge >= 0.3 is 0 Å². The molecule has 0 spiro atoms. The number of Topliss-reactive ketones (excluding diaryl/α,β-unsaturated/α-hetero) is 2. The van der Waals surface area contributed by atoms with E-state index in [1.54, 1.807) is 6.08 Å². The van der Waals surface area contributed by atoms with Crippen LogP contribution >= 0.6 is 0 Å². The SMILES string of the molecule is COC1=CC(C)(C)CC(C(=O)C=O)C1=O. The van der Waals surface area contributed by atoms with Crippen LogP contribution in [0.15, 0.2) is 11.8 Å². The first-order valence-electron chi connectivity index (χ1n) is 4.71. The number of carbonyl (C=O) groups excluding carboxylic acids is 3. The Kier molecular flexibility index (Phi) is 3.07. The van der Waals surface area contributed by atoms with E-state index in [1.165, 1.54) is 7.11 Å². The van der Waals surface area contributed by atoms with Gasteiger partial charge in [-0.05, 0) is 17.9 Å². The first-order chi connectivity index (χ1) is 6.91. The van der Waals surface area contributed by atoms with Gasteiger partial charge in [-0.2, -0.15) is 0 Å². The zero-order valence-electron chi connectivity index (χ0n) is 9.07. The fourth-order valence-electron chi connectivity index (χ4n) is 1.75. The molecule has 0 aromatic heterocycles. The van der Waals surface area contributed by atoms with E-state index in [1.807, 2.05) is 13.8 Å². The van der Waals surface area contributed by atoms with Crippen molar-refractivity contribution in [3.05, 3.63) is 11.8 Å². The van der Waals surface area contributed by atoms with Crippen molar-refractivity contribution in [2.24, 2.45) is 11.3 Å². The summed E-state index contributed by atoms with van der Waals surface area (Å²) >= 11 is 0. The van der Waals surface area contributed by atoms with Crippen LogP contribution in [0.3, 0.4) is 0 Å². The van der Waals surface area contributed by atoms with Gasteiger partial charge in [0.25, 0.3) is 0 Å². The van der Waals surface area contributed by atoms with Crippen LogP contribution < -0.4 is 0 Å². The van der Waals surface area contributed by atoms with Crippen LogP contribution in [0.25, 0.3) is 0 Å². The van der Waals surface area contributed by atoms with Crippen molar-refractivity contribution in [2.75, 3.05) is 7.11 Å². The van der Waals surface area contributed by atoms with Crippen LogP contribution in [0.4, 0.5) is 0 Å². The standard InChI is InChI=1S/C11H14O4/c1-11(2)4-7(8(13)6-12)10(14)9(5-11)15-3/h5-7H,4H2,1-3H3. The lowest BCUT2D eigenvalue weighted by atomic mass is 9.74. The van der Waals surface area contributed by atoms with Gasteiger partial charge in [0, 0.05) is 0 Å². The number of rotatable bonds is 3. The van der Waals surface area contributed by atoms with E-state index in [0.29, 0.717) is 6.42 Å². The number of hydrogen-bond acceptors (Lipinski definition) is 4. The fraction of sp³-hybridized carbons (Fsp3) is 0.545. The summed E-state index contributed by atoms with van der Waals surface area (Å²) in [7, 11) is 1.38. The molecule has 82 valence electrons. The molecule has 1 aliphatic rings. The third-order valence-corrected chi connectivity index (χ3v) is 2.49. The summed E-state index contributed by atoms with van der Waals surface area (Å²) in [6, 6.07) is 0. The number of carbonyl (C=O) groups is 3. The predicted molar refractivity (Wildman–Crippen MR) is 53.1 cm³/mol. The van der Waals surface area contributed by atoms with E-state index in [0.717, 1.165) is 0 Å². The van der Waals surface area contributed by atoms with Gasteiger partial charge in [0.1, 0.15) is 0 Å². The Bertz CT molecular complexity index is 338. The molecule has 0 radical (unpaired) electrons. The predicted octanol–water partition coefficient (Wildman–Crippen LogP) is 0.900. The van der Waals surface area contributed by atoms with E-state index < -0.39 is 17.5 Å². The average Bonchev–Trinajstić information content (AvgIpc) is 2.19. The molecule has 4 heteroatoms. The highest BCUT2D eigenvalue weighted by Gasteiger charge is 2.39. The minimum absolute atomic E-state index is 0.173. The Balaban J connectivity index is 3.06. The third-order valence-electron chi connectivity index (χ3n) is 2.49. The van der Waals surface area contributed by atoms with Crippen molar-refractivity contribution in [1.82, 2.24) is 0 Å². The Morgan fingerprint density at radius 1 is 1.60 bits per heavy atom. The average molecular weight is 210 g/mol. The van der Waals surface area contributed by atoms with Gasteiger partial charge in [-0.25, -0.2) is 0 Å². The second-order valence-electron chi connectivity index (χ2n) is 4.34. The smallest absolute Gasteiger partial charge is 0.207 e. The molecule has 1 atom stereocenters.